The van der Waals surface area contributed by atoms with Crippen LogP contribution in [-0.2, 0) is 42.2 Å². The van der Waals surface area contributed by atoms with E-state index in [1.807, 2.05) is 78.9 Å². The van der Waals surface area contributed by atoms with Gasteiger partial charge >= 0.3 is 26.6 Å². The summed E-state index contributed by atoms with van der Waals surface area (Å²) in [6, 6.07) is 27.8. The van der Waals surface area contributed by atoms with Gasteiger partial charge in [-0.2, -0.15) is 9.97 Å². The molecule has 4 heterocycles. The number of alkyl halides is 4. The van der Waals surface area contributed by atoms with Crippen molar-refractivity contribution in [1.29, 1.82) is 0 Å². The number of benzene rings is 3. The lowest BCUT2D eigenvalue weighted by Gasteiger charge is -2.37. The summed E-state index contributed by atoms with van der Waals surface area (Å²) in [4.78, 5) is 33.4. The fourth-order valence-electron chi connectivity index (χ4n) is 8.50. The van der Waals surface area contributed by atoms with Gasteiger partial charge in [-0.15, -0.1) is 23.2 Å². The maximum absolute atomic E-state index is 15.9. The first-order valence-electron chi connectivity index (χ1n) is 22.4. The van der Waals surface area contributed by atoms with E-state index in [0.717, 1.165) is 25.8 Å². The summed E-state index contributed by atoms with van der Waals surface area (Å²) in [5.74, 6) is 1.46. The van der Waals surface area contributed by atoms with Gasteiger partial charge in [0.05, 0.1) is 32.1 Å². The van der Waals surface area contributed by atoms with E-state index in [1.165, 1.54) is 58.8 Å². The summed E-state index contributed by atoms with van der Waals surface area (Å²) in [6.45, 7) is 1.61. The molecule has 396 valence electrons. The minimum atomic E-state index is -3.59. The molecule has 2 saturated heterocycles. The van der Waals surface area contributed by atoms with Crippen LogP contribution >= 0.6 is 38.4 Å². The molecule has 2 aliphatic heterocycles. The van der Waals surface area contributed by atoms with Crippen LogP contribution in [0.4, 0.5) is 20.4 Å². The molecule has 2 aliphatic rings. The number of nitrogens with one attached hydrogen (secondary N) is 1. The van der Waals surface area contributed by atoms with E-state index >= 15 is 4.39 Å². The molecule has 2 fully saturated rings. The molecule has 25 heteroatoms. The molecule has 0 aliphatic carbocycles. The Morgan fingerprint density at radius 1 is 0.753 bits per heavy atom. The summed E-state index contributed by atoms with van der Waals surface area (Å²) in [7, 11) is 1.08. The number of rotatable bonds is 20. The zero-order valence-electron chi connectivity index (χ0n) is 40.9. The molecule has 0 radical (unpaired) electrons. The second-order valence-electron chi connectivity index (χ2n) is 16.8. The lowest BCUT2D eigenvalue weighted by molar-refractivity contribution is -0.0920. The van der Waals surface area contributed by atoms with Crippen LogP contribution in [0.25, 0.3) is 0 Å². The predicted octanol–water partition coefficient (Wildman–Crippen LogP) is 8.05. The van der Waals surface area contributed by atoms with E-state index < -0.39 is 80.1 Å². The van der Waals surface area contributed by atoms with Gasteiger partial charge in [0.2, 0.25) is 0 Å². The van der Waals surface area contributed by atoms with Crippen LogP contribution in [0.2, 0.25) is 0 Å². The summed E-state index contributed by atoms with van der Waals surface area (Å²) < 4.78 is 99.5. The van der Waals surface area contributed by atoms with Gasteiger partial charge in [-0.05, 0) is 65.6 Å². The van der Waals surface area contributed by atoms with Crippen LogP contribution in [0.3, 0.4) is 0 Å². The van der Waals surface area contributed by atoms with Gasteiger partial charge in [0.15, 0.2) is 24.8 Å². The Morgan fingerprint density at radius 3 is 1.75 bits per heavy atom. The summed E-state index contributed by atoms with van der Waals surface area (Å²) >= 11 is 12.2. The Hall–Kier alpha value is -5.02. The van der Waals surface area contributed by atoms with Crippen LogP contribution in [-0.4, -0.2) is 114 Å². The molecule has 0 bridgehead atoms. The Kier molecular flexibility index (Phi) is 18.9. The van der Waals surface area contributed by atoms with Crippen molar-refractivity contribution >= 4 is 50.0 Å². The van der Waals surface area contributed by atoms with E-state index in [4.69, 9.17) is 66.0 Å². The molecular weight excluding hydrogens is 1040 g/mol. The zero-order chi connectivity index (χ0) is 53.4. The van der Waals surface area contributed by atoms with Crippen LogP contribution in [0.5, 0.6) is 11.5 Å². The van der Waals surface area contributed by atoms with Gasteiger partial charge in [0.1, 0.15) is 46.0 Å². The number of aliphatic hydroxyl groups excluding tert-OH is 1. The number of hydrogen-bond donors (Lipinski definition) is 3. The predicted molar refractivity (Wildman–Crippen MR) is 271 cm³/mol. The molecule has 8 atom stereocenters. The minimum absolute atomic E-state index is 0.0278. The second kappa shape index (κ2) is 24.1. The third-order valence-corrected chi connectivity index (χ3v) is 17.3. The van der Waals surface area contributed by atoms with Crippen LogP contribution in [0, 0.1) is 5.92 Å². The van der Waals surface area contributed by atoms with Crippen molar-refractivity contribution in [2.75, 3.05) is 71.6 Å². The molecule has 0 saturated carbocycles. The smallest absolute Gasteiger partial charge is 0.353 e. The highest BCUT2D eigenvalue weighted by atomic mass is 35.5. The molecule has 3 aromatic carbocycles. The number of ether oxygens (including phenoxy) is 4. The first kappa shape index (κ1) is 57.3. The highest BCUT2D eigenvalue weighted by molar-refractivity contribution is 7.57. The monoisotopic (exact) mass is 1100 g/mol. The van der Waals surface area contributed by atoms with E-state index in [-0.39, 0.29) is 36.0 Å². The first-order chi connectivity index (χ1) is 34.8. The highest BCUT2D eigenvalue weighted by Gasteiger charge is 2.56. The molecule has 0 unspecified atom stereocenters. The molecule has 0 spiro atoms. The molecule has 7 rings (SSSR count). The quantitative estimate of drug-likeness (QED) is 0.0380. The van der Waals surface area contributed by atoms with Crippen molar-refractivity contribution in [1.82, 2.24) is 19.1 Å². The lowest BCUT2D eigenvalue weighted by atomic mass is 9.77. The zero-order valence-corrected chi connectivity index (χ0v) is 44.2. The fourth-order valence-corrected chi connectivity index (χ4v) is 11.2. The Labute approximate surface area is 430 Å². The number of anilines is 2. The Balaban J connectivity index is 0.000000292. The van der Waals surface area contributed by atoms with Crippen molar-refractivity contribution < 1.29 is 60.1 Å². The van der Waals surface area contributed by atoms with Crippen molar-refractivity contribution in [2.45, 2.75) is 61.0 Å². The number of nitrogens with two attached hydrogens (primary N) is 1. The van der Waals surface area contributed by atoms with Crippen LogP contribution in [0.1, 0.15) is 42.5 Å². The van der Waals surface area contributed by atoms with Crippen molar-refractivity contribution in [2.24, 2.45) is 5.92 Å². The number of halogens is 4. The van der Waals surface area contributed by atoms with E-state index in [1.54, 1.807) is 27.2 Å². The number of methoxy groups -OCH3 is 2. The molecule has 73 heavy (non-hydrogen) atoms. The Bertz CT molecular complexity index is 2830. The van der Waals surface area contributed by atoms with Gasteiger partial charge in [-0.1, -0.05) is 61.5 Å². The molecule has 4 N–H and O–H groups in total. The minimum Gasteiger partial charge on any atom is -0.497 e. The third kappa shape index (κ3) is 11.9. The largest absolute Gasteiger partial charge is 0.497 e. The number of nitrogens with zero attached hydrogens (tertiary/aromatic N) is 4. The van der Waals surface area contributed by atoms with Crippen LogP contribution < -0.4 is 31.9 Å². The van der Waals surface area contributed by atoms with E-state index in [2.05, 4.69) is 15.3 Å². The lowest BCUT2D eigenvalue weighted by Crippen LogP contribution is -2.44. The number of aromatic nitrogens is 4. The standard InChI is InChI=1S/C35H38ClFN3O7P.C13H20ClFN3O6P/c1-24-31(37)32(47-34(24,23-36)20-22-48(42,45-4)46-5)40-21-19-30(38-33(40)41)39-35(25-9-7-6-8-10-25,26-11-15-28(43-2)16-12-26)27-13-17-29(44-3)18-14-27;1-22-25(21,23-2)6-4-13(7-14)10(19)9(15)11(24-13)18-5-3-8(16)17-12(18)20/h6-22,24,31-32H,23H2,1-5H3,(H,38,39,41);3,5,9-11,19H,4,6-7H2,1-2H3,(H2,16,17,20)/b22-20+;/t24-,31+,32+,34-;9-,10+,11-,13+/m01/s1. The topological polar surface area (TPSA) is 236 Å². The van der Waals surface area contributed by atoms with Crippen molar-refractivity contribution in [3.8, 4) is 11.5 Å². The summed E-state index contributed by atoms with van der Waals surface area (Å²) in [5, 5.41) is 13.9. The fraction of sp³-hybridized carbons (Fsp3) is 0.417. The number of nitrogen functional groups attached to an aromatic ring is 1. The number of aliphatic hydroxyl groups is 1. The molecule has 19 nitrogen and oxygen atoms in total. The highest BCUT2D eigenvalue weighted by Crippen LogP contribution is 2.53. The van der Waals surface area contributed by atoms with Gasteiger partial charge in [-0.3, -0.25) is 18.3 Å². The van der Waals surface area contributed by atoms with Gasteiger partial charge < -0.3 is 53.2 Å². The second-order valence-corrected chi connectivity index (χ2v) is 21.9. The van der Waals surface area contributed by atoms with E-state index in [9.17, 15) is 28.2 Å². The maximum Gasteiger partial charge on any atom is 0.353 e. The van der Waals surface area contributed by atoms with E-state index in [0.29, 0.717) is 11.5 Å². The van der Waals surface area contributed by atoms with Crippen LogP contribution in [0.15, 0.2) is 125 Å². The maximum atomic E-state index is 15.9. The SMILES string of the molecule is COP(=O)(CC[C@@]1(CCl)O[C@@H](n2ccc(N)nc2=O)[C@H](F)[C@@H]1O)OC.COc1ccc(C(Nc2ccn([C@@H]3O[C@@](/C=C/P(=O)(OC)OC)(CCl)[C@@H](C)[C@H]3F)c(=O)n2)(c2ccccc2)c2ccc(OC)cc2)cc1. The van der Waals surface area contributed by atoms with Crippen molar-refractivity contribution in [3.63, 3.8) is 0 Å². The first-order valence-corrected chi connectivity index (χ1v) is 26.8. The molecule has 2 aromatic heterocycles. The van der Waals surface area contributed by atoms with Crippen molar-refractivity contribution in [3.05, 3.63) is 153 Å². The summed E-state index contributed by atoms with van der Waals surface area (Å²) in [5.41, 5.74) is 2.36. The number of hydrogen-bond acceptors (Lipinski definition) is 17. The average Bonchev–Trinajstić information content (AvgIpc) is 3.82. The third-order valence-electron chi connectivity index (χ3n) is 13.0. The molecular formula is C48H58Cl2F2N6O13P2. The molecule has 5 aromatic rings. The van der Waals surface area contributed by atoms with Gasteiger partial charge in [0.25, 0.3) is 0 Å². The molecule has 0 amide bonds. The van der Waals surface area contributed by atoms with Gasteiger partial charge in [-0.25, -0.2) is 18.4 Å². The van der Waals surface area contributed by atoms with Gasteiger partial charge in [0, 0.05) is 52.6 Å². The normalized spacial score (nSPS) is 24.3. The Morgan fingerprint density at radius 2 is 1.27 bits per heavy atom. The average molecular weight is 1100 g/mol. The summed E-state index contributed by atoms with van der Waals surface area (Å²) in [6.07, 6.45) is -4.29.